The summed E-state index contributed by atoms with van der Waals surface area (Å²) in [5.41, 5.74) is 0. The predicted octanol–water partition coefficient (Wildman–Crippen LogP) is 3.59. The van der Waals surface area contributed by atoms with Gasteiger partial charge in [-0.1, -0.05) is 40.7 Å². The molecule has 0 bridgehead atoms. The molecule has 0 aromatic heterocycles. The lowest BCUT2D eigenvalue weighted by Crippen LogP contribution is -2.30. The van der Waals surface area contributed by atoms with Crippen LogP contribution in [-0.4, -0.2) is 30.7 Å². The Bertz CT molecular complexity index is 185. The smallest absolute Gasteiger partial charge is 0.0227 e. The Morgan fingerprint density at radius 3 is 1.88 bits per heavy atom. The van der Waals surface area contributed by atoms with Crippen molar-refractivity contribution < 1.29 is 0 Å². The molecule has 1 rings (SSSR count). The zero-order valence-corrected chi connectivity index (χ0v) is 11.6. The van der Waals surface area contributed by atoms with Gasteiger partial charge in [-0.2, -0.15) is 0 Å². The first-order chi connectivity index (χ1) is 7.56. The normalized spacial score (nSPS) is 13.8. The first kappa shape index (κ1) is 15.4. The maximum absolute atomic E-state index is 3.78. The SMILES string of the molecule is C1=CN=CC1.CCN(CC(C)C)CC(C)C. The van der Waals surface area contributed by atoms with Crippen LogP contribution in [0.3, 0.4) is 0 Å². The molecule has 0 saturated heterocycles. The van der Waals surface area contributed by atoms with E-state index in [9.17, 15) is 0 Å². The molecule has 2 nitrogen and oxygen atoms in total. The molecule has 94 valence electrons. The lowest BCUT2D eigenvalue weighted by atomic mass is 10.1. The standard InChI is InChI=1S/C10H23N.C4H5N/c1-6-11(7-9(2)3)8-10(4)5;1-2-4-5-3-1/h9-10H,6-8H2,1-5H3;1,3-4H,2H2. The van der Waals surface area contributed by atoms with Crippen molar-refractivity contribution in [2.24, 2.45) is 16.8 Å². The second kappa shape index (κ2) is 9.59. The van der Waals surface area contributed by atoms with Crippen molar-refractivity contribution in [3.8, 4) is 0 Å². The van der Waals surface area contributed by atoms with E-state index in [2.05, 4.69) is 44.5 Å². The van der Waals surface area contributed by atoms with Crippen LogP contribution in [0.2, 0.25) is 0 Å². The predicted molar refractivity (Wildman–Crippen MR) is 74.0 cm³/mol. The van der Waals surface area contributed by atoms with E-state index in [0.717, 1.165) is 18.3 Å². The fourth-order valence-corrected chi connectivity index (χ4v) is 1.67. The number of nitrogens with zero attached hydrogens (tertiary/aromatic N) is 2. The zero-order chi connectivity index (χ0) is 12.4. The van der Waals surface area contributed by atoms with Crippen LogP contribution in [0.5, 0.6) is 0 Å². The van der Waals surface area contributed by atoms with Gasteiger partial charge in [-0.15, -0.1) is 0 Å². The molecule has 0 aromatic carbocycles. The largest absolute Gasteiger partial charge is 0.303 e. The summed E-state index contributed by atoms with van der Waals surface area (Å²) in [4.78, 5) is 6.30. The third-order valence-corrected chi connectivity index (χ3v) is 2.23. The summed E-state index contributed by atoms with van der Waals surface area (Å²) in [6.07, 6.45) is 6.72. The van der Waals surface area contributed by atoms with E-state index in [1.165, 1.54) is 19.6 Å². The number of aliphatic imine (C=N–C) groups is 1. The van der Waals surface area contributed by atoms with Crippen LogP contribution in [0.15, 0.2) is 17.3 Å². The van der Waals surface area contributed by atoms with E-state index in [1.54, 1.807) is 6.20 Å². The summed E-state index contributed by atoms with van der Waals surface area (Å²) in [6, 6.07) is 0. The van der Waals surface area contributed by atoms with Gasteiger partial charge in [-0.3, -0.25) is 4.99 Å². The molecule has 0 aliphatic carbocycles. The molecule has 0 radical (unpaired) electrons. The minimum absolute atomic E-state index is 0.800. The molecule has 0 amide bonds. The summed E-state index contributed by atoms with van der Waals surface area (Å²) in [5.74, 6) is 1.60. The maximum atomic E-state index is 3.78. The first-order valence-corrected chi connectivity index (χ1v) is 6.45. The second-order valence-electron chi connectivity index (χ2n) is 5.09. The first-order valence-electron chi connectivity index (χ1n) is 6.45. The Labute approximate surface area is 101 Å². The van der Waals surface area contributed by atoms with Gasteiger partial charge in [0.2, 0.25) is 0 Å². The minimum atomic E-state index is 0.800. The van der Waals surface area contributed by atoms with Gasteiger partial charge < -0.3 is 4.90 Å². The zero-order valence-electron chi connectivity index (χ0n) is 11.6. The van der Waals surface area contributed by atoms with Crippen LogP contribution in [0.4, 0.5) is 0 Å². The number of hydrogen-bond donors (Lipinski definition) is 0. The van der Waals surface area contributed by atoms with Crippen LogP contribution in [-0.2, 0) is 0 Å². The molecule has 0 fully saturated rings. The molecular weight excluding hydrogens is 196 g/mol. The fourth-order valence-electron chi connectivity index (χ4n) is 1.67. The van der Waals surface area contributed by atoms with E-state index in [4.69, 9.17) is 0 Å². The topological polar surface area (TPSA) is 15.6 Å². The summed E-state index contributed by atoms with van der Waals surface area (Å²) >= 11 is 0. The molecule has 1 aliphatic rings. The molecule has 0 atom stereocenters. The van der Waals surface area contributed by atoms with E-state index >= 15 is 0 Å². The van der Waals surface area contributed by atoms with Crippen LogP contribution in [0.25, 0.3) is 0 Å². The molecule has 1 aliphatic heterocycles. The van der Waals surface area contributed by atoms with Crippen molar-refractivity contribution in [1.29, 1.82) is 0 Å². The van der Waals surface area contributed by atoms with Crippen molar-refractivity contribution in [3.05, 3.63) is 12.3 Å². The average molecular weight is 224 g/mol. The molecule has 0 aromatic rings. The van der Waals surface area contributed by atoms with Crippen molar-refractivity contribution in [1.82, 2.24) is 4.90 Å². The highest BCUT2D eigenvalue weighted by atomic mass is 15.1. The summed E-state index contributed by atoms with van der Waals surface area (Å²) in [5, 5.41) is 0. The van der Waals surface area contributed by atoms with Crippen molar-refractivity contribution >= 4 is 6.21 Å². The Hall–Kier alpha value is -0.630. The van der Waals surface area contributed by atoms with Gasteiger partial charge in [0.1, 0.15) is 0 Å². The number of hydrogen-bond acceptors (Lipinski definition) is 2. The Balaban J connectivity index is 0.000000368. The van der Waals surface area contributed by atoms with E-state index < -0.39 is 0 Å². The molecule has 0 unspecified atom stereocenters. The Kier molecular flexibility index (Phi) is 9.21. The highest BCUT2D eigenvalue weighted by Crippen LogP contribution is 2.02. The molecule has 0 saturated carbocycles. The maximum Gasteiger partial charge on any atom is 0.0227 e. The quantitative estimate of drug-likeness (QED) is 0.697. The number of rotatable bonds is 5. The lowest BCUT2D eigenvalue weighted by Gasteiger charge is -2.24. The average Bonchev–Trinajstić information content (AvgIpc) is 2.72. The molecule has 2 heteroatoms. The monoisotopic (exact) mass is 224 g/mol. The van der Waals surface area contributed by atoms with Crippen molar-refractivity contribution in [2.45, 2.75) is 41.0 Å². The summed E-state index contributed by atoms with van der Waals surface area (Å²) < 4.78 is 0. The highest BCUT2D eigenvalue weighted by molar-refractivity contribution is 5.62. The molecular formula is C14H28N2. The molecule has 1 heterocycles. The van der Waals surface area contributed by atoms with Crippen LogP contribution >= 0.6 is 0 Å². The molecule has 16 heavy (non-hydrogen) atoms. The number of allylic oxidation sites excluding steroid dienone is 1. The van der Waals surface area contributed by atoms with Crippen LogP contribution < -0.4 is 0 Å². The second-order valence-corrected chi connectivity index (χ2v) is 5.09. The fraction of sp³-hybridized carbons (Fsp3) is 0.786. The van der Waals surface area contributed by atoms with Crippen LogP contribution in [0.1, 0.15) is 41.0 Å². The van der Waals surface area contributed by atoms with Crippen molar-refractivity contribution in [3.63, 3.8) is 0 Å². The third kappa shape index (κ3) is 9.91. The van der Waals surface area contributed by atoms with Gasteiger partial charge in [-0.05, 0) is 18.4 Å². The van der Waals surface area contributed by atoms with Crippen LogP contribution in [0, 0.1) is 11.8 Å². The third-order valence-electron chi connectivity index (χ3n) is 2.23. The van der Waals surface area contributed by atoms with Gasteiger partial charge >= 0.3 is 0 Å². The molecule has 0 N–H and O–H groups in total. The van der Waals surface area contributed by atoms with Gasteiger partial charge in [0.05, 0.1) is 0 Å². The van der Waals surface area contributed by atoms with Crippen molar-refractivity contribution in [2.75, 3.05) is 19.6 Å². The van der Waals surface area contributed by atoms with Gasteiger partial charge in [0.15, 0.2) is 0 Å². The highest BCUT2D eigenvalue weighted by Gasteiger charge is 2.05. The van der Waals surface area contributed by atoms with Gasteiger partial charge in [-0.25, -0.2) is 0 Å². The van der Waals surface area contributed by atoms with E-state index in [-0.39, 0.29) is 0 Å². The minimum Gasteiger partial charge on any atom is -0.303 e. The van der Waals surface area contributed by atoms with Gasteiger partial charge in [0, 0.05) is 31.9 Å². The van der Waals surface area contributed by atoms with Gasteiger partial charge in [0.25, 0.3) is 0 Å². The summed E-state index contributed by atoms with van der Waals surface area (Å²) in [6.45, 7) is 15.0. The lowest BCUT2D eigenvalue weighted by molar-refractivity contribution is 0.230. The van der Waals surface area contributed by atoms with E-state index in [0.29, 0.717) is 0 Å². The molecule has 0 spiro atoms. The Morgan fingerprint density at radius 1 is 1.12 bits per heavy atom. The Morgan fingerprint density at radius 2 is 1.69 bits per heavy atom. The summed E-state index contributed by atoms with van der Waals surface area (Å²) in [7, 11) is 0. The van der Waals surface area contributed by atoms with E-state index in [1.807, 2.05) is 12.3 Å².